The van der Waals surface area contributed by atoms with Crippen LogP contribution < -0.4 is 4.74 Å². The number of aliphatic hydroxyl groups is 1. The molecule has 0 atom stereocenters. The number of aromatic nitrogens is 1. The van der Waals surface area contributed by atoms with E-state index in [-0.39, 0.29) is 6.61 Å². The number of pyridine rings is 1. The van der Waals surface area contributed by atoms with Crippen LogP contribution in [0.1, 0.15) is 25.0 Å². The van der Waals surface area contributed by atoms with Crippen molar-refractivity contribution in [2.24, 2.45) is 5.92 Å². The van der Waals surface area contributed by atoms with Crippen LogP contribution in [-0.2, 0) is 6.61 Å². The minimum absolute atomic E-state index is 0.0110. The lowest BCUT2D eigenvalue weighted by Gasteiger charge is -2.24. The molecule has 0 bridgehead atoms. The molecule has 1 saturated carbocycles. The van der Waals surface area contributed by atoms with E-state index in [1.807, 2.05) is 6.07 Å². The Labute approximate surface area is 83.7 Å². The zero-order valence-corrected chi connectivity index (χ0v) is 8.15. The molecule has 14 heavy (non-hydrogen) atoms. The Bertz CT molecular complexity index is 280. The molecule has 0 saturated heterocycles. The van der Waals surface area contributed by atoms with Crippen molar-refractivity contribution in [2.45, 2.75) is 25.9 Å². The lowest BCUT2D eigenvalue weighted by Crippen LogP contribution is -2.19. The highest BCUT2D eigenvalue weighted by Gasteiger charge is 2.17. The monoisotopic (exact) mass is 193 g/mol. The van der Waals surface area contributed by atoms with Gasteiger partial charge in [0, 0.05) is 0 Å². The summed E-state index contributed by atoms with van der Waals surface area (Å²) in [5.74, 6) is 1.54. The van der Waals surface area contributed by atoms with Gasteiger partial charge in [0.25, 0.3) is 0 Å². The van der Waals surface area contributed by atoms with Gasteiger partial charge in [-0.2, -0.15) is 0 Å². The van der Waals surface area contributed by atoms with Crippen LogP contribution in [0, 0.1) is 5.92 Å². The molecule has 3 nitrogen and oxygen atoms in total. The first-order valence-corrected chi connectivity index (χ1v) is 5.07. The van der Waals surface area contributed by atoms with Gasteiger partial charge < -0.3 is 9.84 Å². The molecule has 0 aromatic carbocycles. The van der Waals surface area contributed by atoms with Gasteiger partial charge in [-0.05, 0) is 30.9 Å². The molecule has 1 aromatic rings. The van der Waals surface area contributed by atoms with Gasteiger partial charge in [0.1, 0.15) is 5.75 Å². The SMILES string of the molecule is OCc1ccc(OCC2CCC2)cn1. The Balaban J connectivity index is 1.83. The maximum atomic E-state index is 8.79. The summed E-state index contributed by atoms with van der Waals surface area (Å²) in [5.41, 5.74) is 0.681. The molecule has 1 aliphatic rings. The van der Waals surface area contributed by atoms with E-state index in [1.165, 1.54) is 19.3 Å². The topological polar surface area (TPSA) is 42.4 Å². The first kappa shape index (κ1) is 9.46. The van der Waals surface area contributed by atoms with Crippen LogP contribution in [0.25, 0.3) is 0 Å². The van der Waals surface area contributed by atoms with Crippen LogP contribution in [0.5, 0.6) is 5.75 Å². The third-order valence-electron chi connectivity index (χ3n) is 2.67. The van der Waals surface area contributed by atoms with Crippen molar-refractivity contribution in [1.29, 1.82) is 0 Å². The summed E-state index contributed by atoms with van der Waals surface area (Å²) in [6, 6.07) is 3.65. The summed E-state index contributed by atoms with van der Waals surface area (Å²) in [6.07, 6.45) is 5.60. The van der Waals surface area contributed by atoms with Crippen LogP contribution >= 0.6 is 0 Å². The van der Waals surface area contributed by atoms with E-state index in [0.717, 1.165) is 18.3 Å². The molecule has 2 rings (SSSR count). The van der Waals surface area contributed by atoms with E-state index in [0.29, 0.717) is 5.69 Å². The van der Waals surface area contributed by atoms with Crippen molar-refractivity contribution in [3.63, 3.8) is 0 Å². The molecule has 1 fully saturated rings. The van der Waals surface area contributed by atoms with Crippen molar-refractivity contribution >= 4 is 0 Å². The van der Waals surface area contributed by atoms with Crippen LogP contribution in [0.3, 0.4) is 0 Å². The van der Waals surface area contributed by atoms with Gasteiger partial charge in [-0.15, -0.1) is 0 Å². The Morgan fingerprint density at radius 3 is 2.79 bits per heavy atom. The average Bonchev–Trinajstić information content (AvgIpc) is 2.16. The van der Waals surface area contributed by atoms with Crippen molar-refractivity contribution in [2.75, 3.05) is 6.61 Å². The summed E-state index contributed by atoms with van der Waals surface area (Å²) in [5, 5.41) is 8.79. The van der Waals surface area contributed by atoms with E-state index >= 15 is 0 Å². The van der Waals surface area contributed by atoms with Gasteiger partial charge in [-0.1, -0.05) is 6.42 Å². The van der Waals surface area contributed by atoms with Crippen molar-refractivity contribution in [3.8, 4) is 5.75 Å². The Kier molecular flexibility index (Phi) is 2.99. The highest BCUT2D eigenvalue weighted by molar-refractivity contribution is 5.19. The summed E-state index contributed by atoms with van der Waals surface area (Å²) in [4.78, 5) is 4.04. The van der Waals surface area contributed by atoms with Gasteiger partial charge >= 0.3 is 0 Å². The zero-order valence-electron chi connectivity index (χ0n) is 8.15. The summed E-state index contributed by atoms with van der Waals surface area (Å²) in [6.45, 7) is 0.795. The third kappa shape index (κ3) is 2.23. The van der Waals surface area contributed by atoms with Gasteiger partial charge in [-0.3, -0.25) is 4.98 Å². The van der Waals surface area contributed by atoms with Crippen LogP contribution in [0.2, 0.25) is 0 Å². The van der Waals surface area contributed by atoms with Gasteiger partial charge in [0.15, 0.2) is 0 Å². The number of aliphatic hydroxyl groups excluding tert-OH is 1. The highest BCUT2D eigenvalue weighted by atomic mass is 16.5. The van der Waals surface area contributed by atoms with E-state index in [1.54, 1.807) is 12.3 Å². The summed E-state index contributed by atoms with van der Waals surface area (Å²) >= 11 is 0. The summed E-state index contributed by atoms with van der Waals surface area (Å²) < 4.78 is 5.57. The maximum absolute atomic E-state index is 8.79. The maximum Gasteiger partial charge on any atom is 0.137 e. The molecule has 1 aromatic heterocycles. The molecule has 3 heteroatoms. The Morgan fingerprint density at radius 2 is 2.29 bits per heavy atom. The second-order valence-corrected chi connectivity index (χ2v) is 3.75. The molecular weight excluding hydrogens is 178 g/mol. The number of ether oxygens (including phenoxy) is 1. The lowest BCUT2D eigenvalue weighted by molar-refractivity contribution is 0.180. The van der Waals surface area contributed by atoms with E-state index in [9.17, 15) is 0 Å². The lowest BCUT2D eigenvalue weighted by atomic mass is 9.86. The van der Waals surface area contributed by atoms with Crippen LogP contribution in [-0.4, -0.2) is 16.7 Å². The minimum Gasteiger partial charge on any atom is -0.492 e. The highest BCUT2D eigenvalue weighted by Crippen LogP contribution is 2.26. The van der Waals surface area contributed by atoms with Gasteiger partial charge in [-0.25, -0.2) is 0 Å². The second kappa shape index (κ2) is 4.42. The van der Waals surface area contributed by atoms with E-state index in [4.69, 9.17) is 9.84 Å². The number of nitrogens with zero attached hydrogens (tertiary/aromatic N) is 1. The molecule has 1 aliphatic carbocycles. The minimum atomic E-state index is -0.0110. The Hall–Kier alpha value is -1.09. The average molecular weight is 193 g/mol. The zero-order chi connectivity index (χ0) is 9.80. The normalized spacial score (nSPS) is 16.4. The summed E-state index contributed by atoms with van der Waals surface area (Å²) in [7, 11) is 0. The first-order chi connectivity index (χ1) is 6.88. The van der Waals surface area contributed by atoms with Crippen LogP contribution in [0.4, 0.5) is 0 Å². The fourth-order valence-corrected chi connectivity index (χ4v) is 1.46. The molecule has 1 N–H and O–H groups in total. The smallest absolute Gasteiger partial charge is 0.137 e. The molecule has 76 valence electrons. The molecule has 0 unspecified atom stereocenters. The molecule has 0 spiro atoms. The second-order valence-electron chi connectivity index (χ2n) is 3.75. The van der Waals surface area contributed by atoms with Crippen LogP contribution in [0.15, 0.2) is 18.3 Å². The predicted molar refractivity (Wildman–Crippen MR) is 53.0 cm³/mol. The number of hydrogen-bond donors (Lipinski definition) is 1. The number of hydrogen-bond acceptors (Lipinski definition) is 3. The molecular formula is C11H15NO2. The molecule has 0 aliphatic heterocycles. The van der Waals surface area contributed by atoms with E-state index in [2.05, 4.69) is 4.98 Å². The van der Waals surface area contributed by atoms with E-state index < -0.39 is 0 Å². The van der Waals surface area contributed by atoms with Crippen molar-refractivity contribution < 1.29 is 9.84 Å². The van der Waals surface area contributed by atoms with Gasteiger partial charge in [0.2, 0.25) is 0 Å². The number of rotatable bonds is 4. The van der Waals surface area contributed by atoms with Gasteiger partial charge in [0.05, 0.1) is 25.1 Å². The molecule has 1 heterocycles. The third-order valence-corrected chi connectivity index (χ3v) is 2.67. The first-order valence-electron chi connectivity index (χ1n) is 5.07. The van der Waals surface area contributed by atoms with Crippen molar-refractivity contribution in [1.82, 2.24) is 4.98 Å². The standard InChI is InChI=1S/C11H15NO2/c13-7-10-4-5-11(6-12-10)14-8-9-2-1-3-9/h4-6,9,13H,1-3,7-8H2. The predicted octanol–water partition coefficient (Wildman–Crippen LogP) is 1.75. The fourth-order valence-electron chi connectivity index (χ4n) is 1.46. The van der Waals surface area contributed by atoms with Crippen molar-refractivity contribution in [3.05, 3.63) is 24.0 Å². The largest absolute Gasteiger partial charge is 0.492 e. The molecule has 0 amide bonds. The fraction of sp³-hybridized carbons (Fsp3) is 0.545. The Morgan fingerprint density at radius 1 is 1.43 bits per heavy atom. The quantitative estimate of drug-likeness (QED) is 0.792. The molecule has 0 radical (unpaired) electrons.